The van der Waals surface area contributed by atoms with Gasteiger partial charge in [-0.25, -0.2) is 9.97 Å². The molecule has 1 N–H and O–H groups in total. The average Bonchev–Trinajstić information content (AvgIpc) is 3.34. The fourth-order valence-corrected chi connectivity index (χ4v) is 4.85. The predicted octanol–water partition coefficient (Wildman–Crippen LogP) is 5.28. The van der Waals surface area contributed by atoms with Gasteiger partial charge in [0.2, 0.25) is 0 Å². The second kappa shape index (κ2) is 5.31. The molecule has 6 aromatic rings. The highest BCUT2D eigenvalue weighted by Gasteiger charge is 2.14. The quantitative estimate of drug-likeness (QED) is 0.451. The number of aromatic nitrogens is 4. The van der Waals surface area contributed by atoms with Crippen LogP contribution in [0.3, 0.4) is 0 Å². The maximum Gasteiger partial charge on any atom is 0.159 e. The SMILES string of the molecule is COc1ccc2cc1c1cc3ncnc(c3s1)n2-c1ccc2[nH]ccc2c1. The van der Waals surface area contributed by atoms with Crippen LogP contribution in [0.4, 0.5) is 0 Å². The van der Waals surface area contributed by atoms with Crippen LogP contribution in [0.1, 0.15) is 0 Å². The van der Waals surface area contributed by atoms with Crippen molar-refractivity contribution in [1.29, 1.82) is 0 Å². The third-order valence-corrected chi connectivity index (χ3v) is 6.16. The van der Waals surface area contributed by atoms with E-state index in [0.29, 0.717) is 0 Å². The Morgan fingerprint density at radius 3 is 2.93 bits per heavy atom. The molecule has 0 radical (unpaired) electrons. The van der Waals surface area contributed by atoms with Crippen LogP contribution >= 0.6 is 11.3 Å². The molecule has 0 spiro atoms. The summed E-state index contributed by atoms with van der Waals surface area (Å²) in [5.74, 6) is 0.864. The summed E-state index contributed by atoms with van der Waals surface area (Å²) >= 11 is 1.70. The van der Waals surface area contributed by atoms with E-state index < -0.39 is 0 Å². The largest absolute Gasteiger partial charge is 0.496 e. The molecule has 4 bridgehead atoms. The molecule has 0 aliphatic heterocycles. The lowest BCUT2D eigenvalue weighted by molar-refractivity contribution is 0.420. The Balaban J connectivity index is 1.85. The first-order chi connectivity index (χ1) is 13.3. The van der Waals surface area contributed by atoms with E-state index in [2.05, 4.69) is 62.0 Å². The average molecular weight is 370 g/mol. The van der Waals surface area contributed by atoms with Gasteiger partial charge in [-0.3, -0.25) is 4.57 Å². The van der Waals surface area contributed by atoms with Gasteiger partial charge in [0, 0.05) is 38.4 Å². The molecular weight excluding hydrogens is 356 g/mol. The third-order valence-electron chi connectivity index (χ3n) is 5.01. The predicted molar refractivity (Wildman–Crippen MR) is 110 cm³/mol. The second-order valence-electron chi connectivity index (χ2n) is 6.49. The van der Waals surface area contributed by atoms with Gasteiger partial charge in [-0.2, -0.15) is 0 Å². The van der Waals surface area contributed by atoms with Crippen LogP contribution in [0.15, 0.2) is 61.1 Å². The molecule has 6 heteroatoms. The standard InChI is InChI=1S/C21H14N4OS/c1-26-18-5-3-14-9-15(18)19-10-17-20(27-19)21(24-11-23-17)25(14)13-2-4-16-12(8-13)6-7-22-16/h2-11,22H,1H3. The van der Waals surface area contributed by atoms with E-state index in [1.54, 1.807) is 24.8 Å². The van der Waals surface area contributed by atoms with Gasteiger partial charge in [0.25, 0.3) is 0 Å². The van der Waals surface area contributed by atoms with Gasteiger partial charge in [-0.15, -0.1) is 11.3 Å². The normalized spacial score (nSPS) is 11.9. The monoisotopic (exact) mass is 370 g/mol. The summed E-state index contributed by atoms with van der Waals surface area (Å²) in [6.45, 7) is 0. The van der Waals surface area contributed by atoms with Crippen molar-refractivity contribution in [2.24, 2.45) is 0 Å². The van der Waals surface area contributed by atoms with E-state index in [-0.39, 0.29) is 0 Å². The van der Waals surface area contributed by atoms with Gasteiger partial charge in [-0.05, 0) is 48.5 Å². The van der Waals surface area contributed by atoms with Crippen molar-refractivity contribution in [3.8, 4) is 11.4 Å². The summed E-state index contributed by atoms with van der Waals surface area (Å²) in [5, 5.41) is 2.25. The molecule has 6 rings (SSSR count). The van der Waals surface area contributed by atoms with Crippen molar-refractivity contribution in [1.82, 2.24) is 19.5 Å². The molecular formula is C21H14N4OS. The van der Waals surface area contributed by atoms with E-state index in [1.165, 1.54) is 5.39 Å². The van der Waals surface area contributed by atoms with Gasteiger partial charge in [-0.1, -0.05) is 0 Å². The van der Waals surface area contributed by atoms with E-state index in [4.69, 9.17) is 4.74 Å². The lowest BCUT2D eigenvalue weighted by Gasteiger charge is -2.13. The highest BCUT2D eigenvalue weighted by atomic mass is 32.1. The Bertz CT molecular complexity index is 1470. The van der Waals surface area contributed by atoms with Crippen molar-refractivity contribution in [2.45, 2.75) is 0 Å². The molecule has 0 fully saturated rings. The molecule has 4 aromatic heterocycles. The van der Waals surface area contributed by atoms with Crippen LogP contribution in [-0.4, -0.2) is 26.6 Å². The van der Waals surface area contributed by atoms with Crippen molar-refractivity contribution < 1.29 is 4.74 Å². The smallest absolute Gasteiger partial charge is 0.159 e. The Morgan fingerprint density at radius 2 is 2.00 bits per heavy atom. The second-order valence-corrected chi connectivity index (χ2v) is 7.54. The number of hydrogen-bond acceptors (Lipinski definition) is 4. The van der Waals surface area contributed by atoms with Crippen molar-refractivity contribution >= 4 is 53.7 Å². The van der Waals surface area contributed by atoms with E-state index in [0.717, 1.165) is 48.4 Å². The fraction of sp³-hybridized carbons (Fsp3) is 0.0476. The van der Waals surface area contributed by atoms with Crippen LogP contribution in [0, 0.1) is 0 Å². The maximum absolute atomic E-state index is 5.61. The number of hydrogen-bond donors (Lipinski definition) is 1. The van der Waals surface area contributed by atoms with E-state index in [1.807, 2.05) is 12.3 Å². The topological polar surface area (TPSA) is 55.7 Å². The van der Waals surface area contributed by atoms with Crippen LogP contribution < -0.4 is 4.74 Å². The first-order valence-electron chi connectivity index (χ1n) is 8.62. The van der Waals surface area contributed by atoms with Crippen molar-refractivity contribution in [2.75, 3.05) is 7.11 Å². The molecule has 130 valence electrons. The van der Waals surface area contributed by atoms with Gasteiger partial charge in [0.1, 0.15) is 12.1 Å². The summed E-state index contributed by atoms with van der Waals surface area (Å²) in [7, 11) is 1.71. The van der Waals surface area contributed by atoms with Crippen LogP contribution in [0.5, 0.6) is 5.75 Å². The molecule has 0 unspecified atom stereocenters. The number of aromatic amines is 1. The summed E-state index contributed by atoms with van der Waals surface area (Å²) in [4.78, 5) is 12.4. The lowest BCUT2D eigenvalue weighted by Crippen LogP contribution is -1.99. The minimum Gasteiger partial charge on any atom is -0.496 e. The number of H-pyrrole nitrogens is 1. The fourth-order valence-electron chi connectivity index (χ4n) is 3.73. The van der Waals surface area contributed by atoms with Crippen LogP contribution in [0.25, 0.3) is 48.1 Å². The Morgan fingerprint density at radius 1 is 1.04 bits per heavy atom. The van der Waals surface area contributed by atoms with Crippen molar-refractivity contribution in [3.05, 3.63) is 61.1 Å². The minimum absolute atomic E-state index is 0.864. The highest BCUT2D eigenvalue weighted by Crippen LogP contribution is 2.37. The number of methoxy groups -OCH3 is 1. The van der Waals surface area contributed by atoms with Gasteiger partial charge >= 0.3 is 0 Å². The van der Waals surface area contributed by atoms with Crippen LogP contribution in [0.2, 0.25) is 0 Å². The minimum atomic E-state index is 0.864. The summed E-state index contributed by atoms with van der Waals surface area (Å²) in [6.07, 6.45) is 3.60. The Labute approximate surface area is 157 Å². The number of fused-ring (bicyclic) bond motifs is 5. The molecule has 0 aliphatic rings. The molecule has 0 saturated carbocycles. The van der Waals surface area contributed by atoms with Gasteiger partial charge in [0.15, 0.2) is 5.65 Å². The number of thiophene rings is 1. The molecule has 0 saturated heterocycles. The zero-order valence-electron chi connectivity index (χ0n) is 14.4. The van der Waals surface area contributed by atoms with Gasteiger partial charge < -0.3 is 9.72 Å². The first kappa shape index (κ1) is 14.8. The molecule has 0 atom stereocenters. The highest BCUT2D eigenvalue weighted by molar-refractivity contribution is 7.25. The number of ether oxygens (including phenoxy) is 1. The molecule has 0 amide bonds. The zero-order valence-corrected chi connectivity index (χ0v) is 15.2. The van der Waals surface area contributed by atoms with Crippen LogP contribution in [-0.2, 0) is 0 Å². The summed E-state index contributed by atoms with van der Waals surface area (Å²) in [6, 6.07) is 16.9. The maximum atomic E-state index is 5.61. The lowest BCUT2D eigenvalue weighted by atomic mass is 10.2. The van der Waals surface area contributed by atoms with E-state index >= 15 is 0 Å². The Kier molecular flexibility index (Phi) is 2.90. The first-order valence-corrected chi connectivity index (χ1v) is 9.44. The molecule has 0 aliphatic carbocycles. The molecule has 4 heterocycles. The number of nitrogens with one attached hydrogen (secondary N) is 1. The molecule has 27 heavy (non-hydrogen) atoms. The number of rotatable bonds is 2. The molecule has 2 aromatic carbocycles. The number of benzene rings is 2. The van der Waals surface area contributed by atoms with Crippen molar-refractivity contribution in [3.63, 3.8) is 0 Å². The molecule has 5 nitrogen and oxygen atoms in total. The third kappa shape index (κ3) is 2.04. The summed E-state index contributed by atoms with van der Waals surface area (Å²) < 4.78 is 10.0. The van der Waals surface area contributed by atoms with Gasteiger partial charge in [0.05, 0.1) is 17.3 Å². The number of nitrogens with zero attached hydrogens (tertiary/aromatic N) is 3. The Hall–Kier alpha value is -3.38. The summed E-state index contributed by atoms with van der Waals surface area (Å²) in [5.41, 5.74) is 5.10. The van der Waals surface area contributed by atoms with E-state index in [9.17, 15) is 0 Å². The zero-order chi connectivity index (χ0) is 18.0.